The standard InChI is InChI=1S/C18H19N3O2S/c1-11-5-4-6-13(9-11)19-17(22)12(2)24-18-20-15-8-7-14(23-3)10-16(15)21-18/h4-10,12H,1-3H3,(H,19,22)(H,20,21). The summed E-state index contributed by atoms with van der Waals surface area (Å²) in [4.78, 5) is 20.1. The molecule has 3 rings (SSSR count). The topological polar surface area (TPSA) is 67.0 Å². The third-order valence-corrected chi connectivity index (χ3v) is 4.59. The molecule has 0 aliphatic rings. The lowest BCUT2D eigenvalue weighted by molar-refractivity contribution is -0.115. The summed E-state index contributed by atoms with van der Waals surface area (Å²) in [6.07, 6.45) is 0. The molecule has 1 aromatic heterocycles. The molecule has 124 valence electrons. The van der Waals surface area contributed by atoms with Crippen LogP contribution >= 0.6 is 11.8 Å². The van der Waals surface area contributed by atoms with Gasteiger partial charge in [0.2, 0.25) is 5.91 Å². The minimum Gasteiger partial charge on any atom is -0.497 e. The number of hydrogen-bond donors (Lipinski definition) is 2. The second kappa shape index (κ2) is 6.97. The molecule has 0 fully saturated rings. The maximum Gasteiger partial charge on any atom is 0.237 e. The lowest BCUT2D eigenvalue weighted by atomic mass is 10.2. The highest BCUT2D eigenvalue weighted by Crippen LogP contribution is 2.26. The van der Waals surface area contributed by atoms with Gasteiger partial charge in [0.15, 0.2) is 5.16 Å². The molecule has 1 unspecified atom stereocenters. The van der Waals surface area contributed by atoms with E-state index in [-0.39, 0.29) is 11.2 Å². The largest absolute Gasteiger partial charge is 0.497 e. The first kappa shape index (κ1) is 16.4. The molecule has 24 heavy (non-hydrogen) atoms. The normalized spacial score (nSPS) is 12.1. The Balaban J connectivity index is 1.69. The van der Waals surface area contributed by atoms with Crippen molar-refractivity contribution in [1.29, 1.82) is 0 Å². The minimum absolute atomic E-state index is 0.0522. The lowest BCUT2D eigenvalue weighted by Gasteiger charge is -2.10. The third-order valence-electron chi connectivity index (χ3n) is 3.61. The molecule has 0 saturated heterocycles. The SMILES string of the molecule is COc1ccc2nc(SC(C)C(=O)Nc3cccc(C)c3)[nH]c2c1. The monoisotopic (exact) mass is 341 g/mol. The number of imidazole rings is 1. The van der Waals surface area contributed by atoms with E-state index >= 15 is 0 Å². The van der Waals surface area contributed by atoms with Gasteiger partial charge in [-0.1, -0.05) is 23.9 Å². The number of nitrogens with one attached hydrogen (secondary N) is 2. The Labute approximate surface area is 144 Å². The summed E-state index contributed by atoms with van der Waals surface area (Å²) in [5, 5.41) is 3.38. The van der Waals surface area contributed by atoms with E-state index in [1.54, 1.807) is 7.11 Å². The van der Waals surface area contributed by atoms with Crippen LogP contribution in [0, 0.1) is 6.92 Å². The van der Waals surface area contributed by atoms with Crippen LogP contribution in [0.25, 0.3) is 11.0 Å². The number of aromatic nitrogens is 2. The van der Waals surface area contributed by atoms with Gasteiger partial charge >= 0.3 is 0 Å². The van der Waals surface area contributed by atoms with E-state index in [0.29, 0.717) is 5.16 Å². The van der Waals surface area contributed by atoms with Gasteiger partial charge in [-0.15, -0.1) is 0 Å². The van der Waals surface area contributed by atoms with Gasteiger partial charge in [-0.3, -0.25) is 4.79 Å². The fraction of sp³-hybridized carbons (Fsp3) is 0.222. The number of carbonyl (C=O) groups is 1. The highest BCUT2D eigenvalue weighted by Gasteiger charge is 2.17. The molecule has 1 heterocycles. The number of amides is 1. The highest BCUT2D eigenvalue weighted by molar-refractivity contribution is 8.00. The van der Waals surface area contributed by atoms with Crippen LogP contribution in [0.3, 0.4) is 0 Å². The quantitative estimate of drug-likeness (QED) is 0.688. The van der Waals surface area contributed by atoms with Crippen LogP contribution in [0.5, 0.6) is 5.75 Å². The Bertz CT molecular complexity index is 876. The van der Waals surface area contributed by atoms with Crippen molar-refractivity contribution in [3.05, 3.63) is 48.0 Å². The van der Waals surface area contributed by atoms with Crippen LogP contribution in [0.1, 0.15) is 12.5 Å². The summed E-state index contributed by atoms with van der Waals surface area (Å²) in [5.74, 6) is 0.719. The number of anilines is 1. The number of fused-ring (bicyclic) bond motifs is 1. The Kier molecular flexibility index (Phi) is 4.76. The van der Waals surface area contributed by atoms with Crippen molar-refractivity contribution in [3.63, 3.8) is 0 Å². The third kappa shape index (κ3) is 3.71. The predicted molar refractivity (Wildman–Crippen MR) is 97.8 cm³/mol. The average molecular weight is 341 g/mol. The van der Waals surface area contributed by atoms with E-state index in [0.717, 1.165) is 28.0 Å². The Morgan fingerprint density at radius 1 is 1.29 bits per heavy atom. The van der Waals surface area contributed by atoms with Gasteiger partial charge in [-0.25, -0.2) is 4.98 Å². The summed E-state index contributed by atoms with van der Waals surface area (Å²) < 4.78 is 5.21. The van der Waals surface area contributed by atoms with Crippen molar-refractivity contribution < 1.29 is 9.53 Å². The number of aryl methyl sites for hydroxylation is 1. The summed E-state index contributed by atoms with van der Waals surface area (Å²) in [7, 11) is 1.63. The zero-order valence-corrected chi connectivity index (χ0v) is 14.6. The Hall–Kier alpha value is -2.47. The number of thioether (sulfide) groups is 1. The van der Waals surface area contributed by atoms with Gasteiger partial charge in [0.05, 0.1) is 23.4 Å². The number of hydrogen-bond acceptors (Lipinski definition) is 4. The summed E-state index contributed by atoms with van der Waals surface area (Å²) in [6, 6.07) is 13.4. The van der Waals surface area contributed by atoms with Crippen molar-refractivity contribution in [3.8, 4) is 5.75 Å². The van der Waals surface area contributed by atoms with Crippen molar-refractivity contribution in [2.75, 3.05) is 12.4 Å². The van der Waals surface area contributed by atoms with Gasteiger partial charge < -0.3 is 15.0 Å². The number of methoxy groups -OCH3 is 1. The number of H-pyrrole nitrogens is 1. The van der Waals surface area contributed by atoms with Crippen LogP contribution < -0.4 is 10.1 Å². The van der Waals surface area contributed by atoms with E-state index in [4.69, 9.17) is 4.74 Å². The molecule has 3 aromatic rings. The smallest absolute Gasteiger partial charge is 0.237 e. The molecule has 0 saturated carbocycles. The highest BCUT2D eigenvalue weighted by atomic mass is 32.2. The molecule has 2 aromatic carbocycles. The number of aromatic amines is 1. The summed E-state index contributed by atoms with van der Waals surface area (Å²) >= 11 is 1.39. The number of nitrogens with zero attached hydrogens (tertiary/aromatic N) is 1. The van der Waals surface area contributed by atoms with Crippen LogP contribution in [0.2, 0.25) is 0 Å². The van der Waals surface area contributed by atoms with Crippen LogP contribution in [-0.2, 0) is 4.79 Å². The fourth-order valence-electron chi connectivity index (χ4n) is 2.34. The molecular formula is C18H19N3O2S. The van der Waals surface area contributed by atoms with E-state index < -0.39 is 0 Å². The number of carbonyl (C=O) groups excluding carboxylic acids is 1. The van der Waals surface area contributed by atoms with Crippen molar-refractivity contribution in [1.82, 2.24) is 9.97 Å². The van der Waals surface area contributed by atoms with Crippen molar-refractivity contribution in [2.45, 2.75) is 24.3 Å². The van der Waals surface area contributed by atoms with Gasteiger partial charge in [-0.05, 0) is 43.7 Å². The van der Waals surface area contributed by atoms with Gasteiger partial charge in [0, 0.05) is 11.8 Å². The van der Waals surface area contributed by atoms with Crippen LogP contribution in [-0.4, -0.2) is 28.2 Å². The number of benzene rings is 2. The maximum absolute atomic E-state index is 12.4. The molecule has 0 bridgehead atoms. The predicted octanol–water partition coefficient (Wildman–Crippen LogP) is 4.00. The van der Waals surface area contributed by atoms with Crippen molar-refractivity contribution >= 4 is 34.4 Å². The van der Waals surface area contributed by atoms with Gasteiger partial charge in [0.1, 0.15) is 5.75 Å². The number of ether oxygens (including phenoxy) is 1. The molecular weight excluding hydrogens is 322 g/mol. The first-order valence-corrected chi connectivity index (χ1v) is 8.51. The summed E-state index contributed by atoms with van der Waals surface area (Å²) in [6.45, 7) is 3.86. The van der Waals surface area contributed by atoms with Crippen LogP contribution in [0.15, 0.2) is 47.6 Å². The lowest BCUT2D eigenvalue weighted by Crippen LogP contribution is -2.22. The second-order valence-corrected chi connectivity index (χ2v) is 6.87. The molecule has 6 heteroatoms. The fourth-order valence-corrected chi connectivity index (χ4v) is 3.16. The Morgan fingerprint density at radius 3 is 2.88 bits per heavy atom. The van der Waals surface area contributed by atoms with E-state index in [1.807, 2.05) is 56.3 Å². The molecule has 0 aliphatic heterocycles. The van der Waals surface area contributed by atoms with E-state index in [9.17, 15) is 4.79 Å². The average Bonchev–Trinajstić information content (AvgIpc) is 2.95. The maximum atomic E-state index is 12.4. The zero-order valence-electron chi connectivity index (χ0n) is 13.8. The molecule has 1 amide bonds. The minimum atomic E-state index is -0.270. The van der Waals surface area contributed by atoms with Crippen molar-refractivity contribution in [2.24, 2.45) is 0 Å². The van der Waals surface area contributed by atoms with Crippen LogP contribution in [0.4, 0.5) is 5.69 Å². The Morgan fingerprint density at radius 2 is 2.12 bits per heavy atom. The molecule has 1 atom stereocenters. The second-order valence-electron chi connectivity index (χ2n) is 5.54. The zero-order chi connectivity index (χ0) is 17.1. The number of rotatable bonds is 5. The van der Waals surface area contributed by atoms with E-state index in [1.165, 1.54) is 11.8 Å². The molecule has 0 spiro atoms. The molecule has 5 nitrogen and oxygen atoms in total. The van der Waals surface area contributed by atoms with Gasteiger partial charge in [-0.2, -0.15) is 0 Å². The van der Waals surface area contributed by atoms with Gasteiger partial charge in [0.25, 0.3) is 0 Å². The molecule has 2 N–H and O–H groups in total. The first-order valence-electron chi connectivity index (χ1n) is 7.63. The van der Waals surface area contributed by atoms with E-state index in [2.05, 4.69) is 15.3 Å². The molecule has 0 radical (unpaired) electrons. The molecule has 0 aliphatic carbocycles. The summed E-state index contributed by atoms with van der Waals surface area (Å²) in [5.41, 5.74) is 3.66. The first-order chi connectivity index (χ1) is 11.5.